The van der Waals surface area contributed by atoms with Crippen molar-refractivity contribution in [2.75, 3.05) is 13.2 Å². The highest BCUT2D eigenvalue weighted by Gasteiger charge is 2.08. The molecule has 0 unspecified atom stereocenters. The number of nitrogens with two attached hydrogens (primary N) is 1. The molecular weight excluding hydrogens is 472 g/mol. The van der Waals surface area contributed by atoms with Gasteiger partial charge >= 0.3 is 0 Å². The number of hydrogen-bond donors (Lipinski definition) is 2. The quantitative estimate of drug-likeness (QED) is 0.295. The lowest BCUT2D eigenvalue weighted by Gasteiger charge is -2.08. The van der Waals surface area contributed by atoms with Crippen LogP contribution in [0.15, 0.2) is 39.6 Å². The van der Waals surface area contributed by atoms with Crippen molar-refractivity contribution in [3.63, 3.8) is 0 Å². The van der Waals surface area contributed by atoms with E-state index in [-0.39, 0.29) is 5.96 Å². The maximum Gasteiger partial charge on any atom is 0.234 e. The monoisotopic (exact) mass is 489 g/mol. The van der Waals surface area contributed by atoms with Gasteiger partial charge in [0.2, 0.25) is 5.96 Å². The van der Waals surface area contributed by atoms with Gasteiger partial charge in [-0.25, -0.2) is 5.43 Å². The molecule has 2 aromatic carbocycles. The number of rotatable bonds is 8. The Balaban J connectivity index is 2.10. The van der Waals surface area contributed by atoms with E-state index < -0.39 is 0 Å². The fraction of sp³-hybridized carbons (Fsp3) is 0.211. The molecule has 0 aliphatic heterocycles. The van der Waals surface area contributed by atoms with Crippen molar-refractivity contribution in [1.82, 2.24) is 5.43 Å². The van der Waals surface area contributed by atoms with E-state index in [0.717, 1.165) is 0 Å². The number of hydrogen-bond acceptors (Lipinski definition) is 5. The predicted octanol–water partition coefficient (Wildman–Crippen LogP) is 5.37. The van der Waals surface area contributed by atoms with Gasteiger partial charge in [0.1, 0.15) is 11.5 Å². The molecule has 3 N–H and O–H groups in total. The summed E-state index contributed by atoms with van der Waals surface area (Å²) in [7, 11) is 0. The average Bonchev–Trinajstić information content (AvgIpc) is 2.69. The second-order valence-corrected chi connectivity index (χ2v) is 7.20. The zero-order valence-electron chi connectivity index (χ0n) is 16.1. The van der Waals surface area contributed by atoms with Crippen LogP contribution in [0, 0.1) is 0 Å². The molecule has 0 aromatic heterocycles. The topological polar surface area (TPSA) is 93.6 Å². The van der Waals surface area contributed by atoms with E-state index in [1.54, 1.807) is 24.3 Å². The van der Waals surface area contributed by atoms with E-state index in [1.165, 1.54) is 12.4 Å². The van der Waals surface area contributed by atoms with Gasteiger partial charge in [0.15, 0.2) is 0 Å². The molecule has 0 radical (unpaired) electrons. The summed E-state index contributed by atoms with van der Waals surface area (Å²) in [6.07, 6.45) is 2.92. The van der Waals surface area contributed by atoms with E-state index in [0.29, 0.717) is 55.9 Å². The van der Waals surface area contributed by atoms with Crippen LogP contribution in [0.1, 0.15) is 25.0 Å². The summed E-state index contributed by atoms with van der Waals surface area (Å²) < 4.78 is 11.0. The van der Waals surface area contributed by atoms with Crippen molar-refractivity contribution in [1.29, 1.82) is 0 Å². The first-order valence-corrected chi connectivity index (χ1v) is 10.3. The molecule has 2 rings (SSSR count). The first kappa shape index (κ1) is 24.1. The van der Waals surface area contributed by atoms with Gasteiger partial charge in [-0.3, -0.25) is 0 Å². The molecule has 0 amide bonds. The van der Waals surface area contributed by atoms with Gasteiger partial charge < -0.3 is 15.2 Å². The van der Waals surface area contributed by atoms with E-state index in [4.69, 9.17) is 61.6 Å². The molecule has 2 aromatic rings. The van der Waals surface area contributed by atoms with Gasteiger partial charge in [0, 0.05) is 23.3 Å². The Bertz CT molecular complexity index is 980. The lowest BCUT2D eigenvalue weighted by atomic mass is 10.2. The average molecular weight is 491 g/mol. The van der Waals surface area contributed by atoms with E-state index >= 15 is 0 Å². The van der Waals surface area contributed by atoms with Crippen LogP contribution in [-0.2, 0) is 0 Å². The van der Waals surface area contributed by atoms with Crippen molar-refractivity contribution in [2.45, 2.75) is 13.8 Å². The van der Waals surface area contributed by atoms with E-state index in [9.17, 15) is 0 Å². The number of hydrazone groups is 1. The van der Waals surface area contributed by atoms with Crippen molar-refractivity contribution in [3.8, 4) is 11.5 Å². The Kier molecular flexibility index (Phi) is 9.52. The maximum atomic E-state index is 6.05. The third-order valence-corrected chi connectivity index (χ3v) is 4.89. The number of guanidine groups is 1. The first-order chi connectivity index (χ1) is 14.3. The van der Waals surface area contributed by atoms with Crippen molar-refractivity contribution < 1.29 is 9.47 Å². The Morgan fingerprint density at radius 2 is 1.33 bits per heavy atom. The smallest absolute Gasteiger partial charge is 0.234 e. The third kappa shape index (κ3) is 6.95. The molecule has 0 spiro atoms. The molecular formula is C19H19Cl4N5O2. The number of ether oxygens (including phenoxy) is 2. The van der Waals surface area contributed by atoms with Gasteiger partial charge in [-0.1, -0.05) is 46.4 Å². The van der Waals surface area contributed by atoms with E-state index in [1.807, 2.05) is 13.8 Å². The fourth-order valence-electron chi connectivity index (χ4n) is 2.19. The number of nitrogens with zero attached hydrogens (tertiary/aromatic N) is 3. The second kappa shape index (κ2) is 11.9. The van der Waals surface area contributed by atoms with Crippen LogP contribution in [0.2, 0.25) is 20.1 Å². The summed E-state index contributed by atoms with van der Waals surface area (Å²) in [5, 5.41) is 13.2. The van der Waals surface area contributed by atoms with Crippen molar-refractivity contribution >= 4 is 64.8 Å². The van der Waals surface area contributed by atoms with Gasteiger partial charge in [-0.2, -0.15) is 10.2 Å². The minimum atomic E-state index is -0.0430. The summed E-state index contributed by atoms with van der Waals surface area (Å²) in [5.74, 6) is 1.02. The highest BCUT2D eigenvalue weighted by molar-refractivity contribution is 6.42. The van der Waals surface area contributed by atoms with Gasteiger partial charge in [-0.05, 0) is 26.0 Å². The summed E-state index contributed by atoms with van der Waals surface area (Å²) in [5.41, 5.74) is 9.53. The molecule has 30 heavy (non-hydrogen) atoms. The number of benzene rings is 2. The lowest BCUT2D eigenvalue weighted by molar-refractivity contribution is 0.339. The second-order valence-electron chi connectivity index (χ2n) is 5.57. The van der Waals surface area contributed by atoms with Crippen LogP contribution < -0.4 is 20.6 Å². The van der Waals surface area contributed by atoms with Crippen LogP contribution in [-0.4, -0.2) is 31.6 Å². The van der Waals surface area contributed by atoms with E-state index in [2.05, 4.69) is 20.7 Å². The first-order valence-electron chi connectivity index (χ1n) is 8.74. The lowest BCUT2D eigenvalue weighted by Crippen LogP contribution is -2.26. The number of halogens is 4. The third-order valence-electron chi connectivity index (χ3n) is 3.45. The maximum absolute atomic E-state index is 6.05. The Morgan fingerprint density at radius 3 is 1.83 bits per heavy atom. The van der Waals surface area contributed by atoms with Gasteiger partial charge in [-0.15, -0.1) is 5.10 Å². The summed E-state index contributed by atoms with van der Waals surface area (Å²) in [6, 6.07) is 6.47. The van der Waals surface area contributed by atoms with Crippen LogP contribution in [0.4, 0.5) is 0 Å². The molecule has 0 heterocycles. The summed E-state index contributed by atoms with van der Waals surface area (Å²) in [6.45, 7) is 4.63. The standard InChI is InChI=1S/C19H19Cl4N5O2/c1-3-29-17-7-15(22)13(20)5-11(17)9-25-27-19(24)28-26-10-12-6-14(21)16(23)8-18(12)30-4-2/h5-10H,3-4H2,1-2H3,(H3,24,27,28)/b25-9+,26-10+. The summed E-state index contributed by atoms with van der Waals surface area (Å²) >= 11 is 24.1. The van der Waals surface area contributed by atoms with Crippen LogP contribution in [0.25, 0.3) is 0 Å². The Morgan fingerprint density at radius 1 is 0.867 bits per heavy atom. The molecule has 11 heteroatoms. The van der Waals surface area contributed by atoms with Crippen molar-refractivity contribution in [2.24, 2.45) is 21.0 Å². The molecule has 0 fully saturated rings. The molecule has 0 aliphatic rings. The molecule has 0 saturated carbocycles. The minimum absolute atomic E-state index is 0.0430. The normalized spacial score (nSPS) is 12.0. The van der Waals surface area contributed by atoms with Crippen molar-refractivity contribution in [3.05, 3.63) is 55.5 Å². The highest BCUT2D eigenvalue weighted by Crippen LogP contribution is 2.30. The summed E-state index contributed by atoms with van der Waals surface area (Å²) in [4.78, 5) is 0. The Hall–Kier alpha value is -2.19. The molecule has 0 atom stereocenters. The molecule has 7 nitrogen and oxygen atoms in total. The van der Waals surface area contributed by atoms with Crippen LogP contribution in [0.3, 0.4) is 0 Å². The zero-order valence-corrected chi connectivity index (χ0v) is 19.1. The fourth-order valence-corrected chi connectivity index (χ4v) is 2.85. The SMILES string of the molecule is CCOc1cc(Cl)c(Cl)cc1/C=N/N=C(N)N/N=C/c1cc(Cl)c(Cl)cc1OCC. The van der Waals surface area contributed by atoms with Gasteiger partial charge in [0.05, 0.1) is 45.7 Å². The van der Waals surface area contributed by atoms with Gasteiger partial charge in [0.25, 0.3) is 0 Å². The molecule has 0 saturated heterocycles. The highest BCUT2D eigenvalue weighted by atomic mass is 35.5. The predicted molar refractivity (Wildman–Crippen MR) is 125 cm³/mol. The largest absolute Gasteiger partial charge is 0.493 e. The zero-order chi connectivity index (χ0) is 22.1. The molecule has 160 valence electrons. The van der Waals surface area contributed by atoms with Crippen LogP contribution in [0.5, 0.6) is 11.5 Å². The number of nitrogens with one attached hydrogen (secondary N) is 1. The molecule has 0 aliphatic carbocycles. The van der Waals surface area contributed by atoms with Crippen LogP contribution >= 0.6 is 46.4 Å². The minimum Gasteiger partial charge on any atom is -0.493 e. The molecule has 0 bridgehead atoms. The Labute approximate surface area is 194 Å².